The first kappa shape index (κ1) is 12.1. The van der Waals surface area contributed by atoms with Gasteiger partial charge in [0.05, 0.1) is 5.75 Å². The van der Waals surface area contributed by atoms with Crippen LogP contribution in [-0.4, -0.2) is 14.2 Å². The molecule has 3 nitrogen and oxygen atoms in total. The highest BCUT2D eigenvalue weighted by atomic mass is 32.2. The van der Waals surface area contributed by atoms with Crippen molar-refractivity contribution in [1.29, 1.82) is 0 Å². The Morgan fingerprint density at radius 2 is 2.07 bits per heavy atom. The number of sulfonamides is 1. The van der Waals surface area contributed by atoms with Crippen molar-refractivity contribution in [3.8, 4) is 0 Å². The van der Waals surface area contributed by atoms with Crippen LogP contribution in [0.2, 0.25) is 0 Å². The average molecular weight is 231 g/mol. The zero-order valence-corrected chi connectivity index (χ0v) is 9.57. The Morgan fingerprint density at radius 1 is 1.40 bits per heavy atom. The summed E-state index contributed by atoms with van der Waals surface area (Å²) in [4.78, 5) is 0. The van der Waals surface area contributed by atoms with Crippen molar-refractivity contribution in [2.45, 2.75) is 20.4 Å². The smallest absolute Gasteiger partial charge is 0.211 e. The van der Waals surface area contributed by atoms with Crippen LogP contribution >= 0.6 is 0 Å². The van der Waals surface area contributed by atoms with Gasteiger partial charge in [0.1, 0.15) is 5.82 Å². The normalized spacial score (nSPS) is 11.7. The summed E-state index contributed by atoms with van der Waals surface area (Å²) < 4.78 is 37.7. The third-order valence-corrected chi connectivity index (χ3v) is 3.46. The number of halogens is 1. The zero-order chi connectivity index (χ0) is 11.5. The maximum atomic E-state index is 13.1. The standard InChI is InChI=1S/C10H14FNO2S/c1-3-15(13,14)12-7-9-5-4-8(2)10(11)6-9/h4-6,12H,3,7H2,1-2H3. The number of rotatable bonds is 4. The van der Waals surface area contributed by atoms with Crippen molar-refractivity contribution in [3.63, 3.8) is 0 Å². The molecular weight excluding hydrogens is 217 g/mol. The van der Waals surface area contributed by atoms with E-state index in [2.05, 4.69) is 4.72 Å². The molecule has 0 aromatic heterocycles. The van der Waals surface area contributed by atoms with Crippen molar-refractivity contribution in [1.82, 2.24) is 4.72 Å². The van der Waals surface area contributed by atoms with E-state index in [4.69, 9.17) is 0 Å². The summed E-state index contributed by atoms with van der Waals surface area (Å²) >= 11 is 0. The highest BCUT2D eigenvalue weighted by Crippen LogP contribution is 2.09. The molecule has 1 aromatic carbocycles. The topological polar surface area (TPSA) is 46.2 Å². The molecule has 0 aliphatic heterocycles. The molecule has 0 heterocycles. The first-order valence-corrected chi connectivity index (χ1v) is 6.32. The van der Waals surface area contributed by atoms with Gasteiger partial charge in [-0.25, -0.2) is 17.5 Å². The van der Waals surface area contributed by atoms with Gasteiger partial charge in [0.25, 0.3) is 0 Å². The number of aryl methyl sites for hydroxylation is 1. The Morgan fingerprint density at radius 3 is 2.60 bits per heavy atom. The third kappa shape index (κ3) is 3.60. The van der Waals surface area contributed by atoms with E-state index < -0.39 is 10.0 Å². The average Bonchev–Trinajstić information content (AvgIpc) is 2.20. The molecule has 5 heteroatoms. The minimum absolute atomic E-state index is 0.0291. The van der Waals surface area contributed by atoms with Gasteiger partial charge >= 0.3 is 0 Å². The van der Waals surface area contributed by atoms with E-state index in [1.807, 2.05) is 0 Å². The third-order valence-electron chi connectivity index (χ3n) is 2.11. The zero-order valence-electron chi connectivity index (χ0n) is 8.75. The van der Waals surface area contributed by atoms with Gasteiger partial charge in [-0.2, -0.15) is 0 Å². The molecule has 0 saturated carbocycles. The van der Waals surface area contributed by atoms with Crippen LogP contribution < -0.4 is 4.72 Å². The minimum Gasteiger partial charge on any atom is -0.212 e. The van der Waals surface area contributed by atoms with Crippen molar-refractivity contribution in [2.24, 2.45) is 0 Å². The van der Waals surface area contributed by atoms with E-state index in [9.17, 15) is 12.8 Å². The lowest BCUT2D eigenvalue weighted by Gasteiger charge is -2.05. The number of hydrogen-bond acceptors (Lipinski definition) is 2. The van der Waals surface area contributed by atoms with Gasteiger partial charge in [-0.05, 0) is 31.0 Å². The van der Waals surface area contributed by atoms with Crippen LogP contribution in [0.1, 0.15) is 18.1 Å². The number of hydrogen-bond donors (Lipinski definition) is 1. The van der Waals surface area contributed by atoms with Crippen molar-refractivity contribution in [3.05, 3.63) is 35.1 Å². The molecule has 84 valence electrons. The van der Waals surface area contributed by atoms with Crippen molar-refractivity contribution >= 4 is 10.0 Å². The summed E-state index contributed by atoms with van der Waals surface area (Å²) in [6.07, 6.45) is 0. The predicted molar refractivity (Wildman–Crippen MR) is 57.4 cm³/mol. The molecule has 0 saturated heterocycles. The molecule has 0 aliphatic rings. The van der Waals surface area contributed by atoms with Gasteiger partial charge in [-0.15, -0.1) is 0 Å². The predicted octanol–water partition coefficient (Wildman–Crippen LogP) is 1.57. The second kappa shape index (κ2) is 4.72. The van der Waals surface area contributed by atoms with Gasteiger partial charge < -0.3 is 0 Å². The van der Waals surface area contributed by atoms with Crippen LogP contribution in [0.4, 0.5) is 4.39 Å². The molecule has 0 fully saturated rings. The Balaban J connectivity index is 2.71. The van der Waals surface area contributed by atoms with E-state index >= 15 is 0 Å². The summed E-state index contributed by atoms with van der Waals surface area (Å²) in [6.45, 7) is 3.35. The van der Waals surface area contributed by atoms with E-state index in [0.717, 1.165) is 0 Å². The summed E-state index contributed by atoms with van der Waals surface area (Å²) in [6, 6.07) is 4.68. The Hall–Kier alpha value is -0.940. The van der Waals surface area contributed by atoms with E-state index in [0.29, 0.717) is 11.1 Å². The fourth-order valence-corrected chi connectivity index (χ4v) is 1.63. The summed E-state index contributed by atoms with van der Waals surface area (Å²) in [5.74, 6) is -0.287. The molecule has 0 spiro atoms. The Labute approximate surface area is 89.4 Å². The lowest BCUT2D eigenvalue weighted by molar-refractivity contribution is 0.581. The second-order valence-corrected chi connectivity index (χ2v) is 5.40. The highest BCUT2D eigenvalue weighted by Gasteiger charge is 2.06. The molecule has 0 amide bonds. The van der Waals surface area contributed by atoms with Gasteiger partial charge in [-0.1, -0.05) is 12.1 Å². The monoisotopic (exact) mass is 231 g/mol. The van der Waals surface area contributed by atoms with Crippen LogP contribution in [0.15, 0.2) is 18.2 Å². The van der Waals surface area contributed by atoms with Crippen LogP contribution in [0, 0.1) is 12.7 Å². The maximum Gasteiger partial charge on any atom is 0.211 e. The minimum atomic E-state index is -3.21. The number of nitrogens with one attached hydrogen (secondary N) is 1. The Kier molecular flexibility index (Phi) is 3.82. The fourth-order valence-electron chi connectivity index (χ4n) is 1.04. The van der Waals surface area contributed by atoms with E-state index in [1.54, 1.807) is 26.0 Å². The molecule has 1 rings (SSSR count). The highest BCUT2D eigenvalue weighted by molar-refractivity contribution is 7.89. The van der Waals surface area contributed by atoms with Crippen molar-refractivity contribution < 1.29 is 12.8 Å². The molecule has 0 aliphatic carbocycles. The summed E-state index contributed by atoms with van der Waals surface area (Å²) in [5, 5.41) is 0. The molecule has 0 bridgehead atoms. The molecule has 0 unspecified atom stereocenters. The van der Waals surface area contributed by atoms with Gasteiger partial charge in [0.15, 0.2) is 0 Å². The molecule has 0 radical (unpaired) electrons. The van der Waals surface area contributed by atoms with Gasteiger partial charge in [0, 0.05) is 6.54 Å². The molecule has 15 heavy (non-hydrogen) atoms. The Bertz CT molecular complexity index is 443. The molecular formula is C10H14FNO2S. The SMILES string of the molecule is CCS(=O)(=O)NCc1ccc(C)c(F)c1. The molecule has 1 N–H and O–H groups in total. The number of benzene rings is 1. The van der Waals surface area contributed by atoms with Gasteiger partial charge in [-0.3, -0.25) is 0 Å². The first-order valence-electron chi connectivity index (χ1n) is 4.67. The van der Waals surface area contributed by atoms with E-state index in [1.165, 1.54) is 6.07 Å². The molecule has 1 aromatic rings. The van der Waals surface area contributed by atoms with Gasteiger partial charge in [0.2, 0.25) is 10.0 Å². The molecule has 0 atom stereocenters. The van der Waals surface area contributed by atoms with Crippen LogP contribution in [0.3, 0.4) is 0 Å². The fraction of sp³-hybridized carbons (Fsp3) is 0.400. The van der Waals surface area contributed by atoms with E-state index in [-0.39, 0.29) is 18.1 Å². The second-order valence-electron chi connectivity index (χ2n) is 3.31. The van der Waals surface area contributed by atoms with Crippen molar-refractivity contribution in [2.75, 3.05) is 5.75 Å². The maximum absolute atomic E-state index is 13.1. The van der Waals surface area contributed by atoms with Crippen LogP contribution in [0.25, 0.3) is 0 Å². The van der Waals surface area contributed by atoms with Crippen LogP contribution in [-0.2, 0) is 16.6 Å². The van der Waals surface area contributed by atoms with Crippen LogP contribution in [0.5, 0.6) is 0 Å². The first-order chi connectivity index (χ1) is 6.94. The summed E-state index contributed by atoms with van der Waals surface area (Å²) in [7, 11) is -3.21. The summed E-state index contributed by atoms with van der Waals surface area (Å²) in [5.41, 5.74) is 1.17. The quantitative estimate of drug-likeness (QED) is 0.855. The largest absolute Gasteiger partial charge is 0.212 e. The lowest BCUT2D eigenvalue weighted by Crippen LogP contribution is -2.24. The lowest BCUT2D eigenvalue weighted by atomic mass is 10.1.